The fraction of sp³-hybridized carbons (Fsp3) is 0.188. The van der Waals surface area contributed by atoms with Gasteiger partial charge in [-0.25, -0.2) is 4.39 Å². The third-order valence-corrected chi connectivity index (χ3v) is 2.93. The van der Waals surface area contributed by atoms with Crippen LogP contribution in [-0.2, 0) is 0 Å². The van der Waals surface area contributed by atoms with Crippen LogP contribution >= 0.6 is 13.5 Å². The minimum absolute atomic E-state index is 0. The van der Waals surface area contributed by atoms with Gasteiger partial charge in [-0.05, 0) is 37.1 Å². The van der Waals surface area contributed by atoms with E-state index in [0.717, 1.165) is 11.3 Å². The first-order valence-electron chi connectivity index (χ1n) is 6.02. The molecule has 0 radical (unpaired) electrons. The number of halogens is 1. The second kappa shape index (κ2) is 7.10. The van der Waals surface area contributed by atoms with E-state index >= 15 is 0 Å². The molecule has 3 heteroatoms. The summed E-state index contributed by atoms with van der Waals surface area (Å²) < 4.78 is 12.8. The Kier molecular flexibility index (Phi) is 5.77. The molecule has 0 aromatic heterocycles. The molecular weight excluding hydrogens is 257 g/mol. The molecule has 100 valence electrons. The molecule has 0 bridgehead atoms. The highest BCUT2D eigenvalue weighted by Crippen LogP contribution is 2.17. The highest BCUT2D eigenvalue weighted by Gasteiger charge is 2.04. The zero-order chi connectivity index (χ0) is 13.0. The number of aliphatic imine (C=N–C) groups is 1. The van der Waals surface area contributed by atoms with Crippen molar-refractivity contribution in [2.45, 2.75) is 19.9 Å². The van der Waals surface area contributed by atoms with E-state index in [1.165, 1.54) is 17.7 Å². The Morgan fingerprint density at radius 2 is 1.58 bits per heavy atom. The molecule has 1 unspecified atom stereocenters. The van der Waals surface area contributed by atoms with Crippen molar-refractivity contribution in [3.63, 3.8) is 0 Å². The maximum absolute atomic E-state index is 12.8. The first-order chi connectivity index (χ1) is 8.66. The number of rotatable bonds is 3. The molecule has 0 saturated heterocycles. The summed E-state index contributed by atoms with van der Waals surface area (Å²) >= 11 is 0. The molecule has 1 nitrogen and oxygen atoms in total. The summed E-state index contributed by atoms with van der Waals surface area (Å²) in [4.78, 5) is 4.64. The van der Waals surface area contributed by atoms with Gasteiger partial charge in [-0.3, -0.25) is 4.99 Å². The molecule has 2 aromatic carbocycles. The normalized spacial score (nSPS) is 12.7. The highest BCUT2D eigenvalue weighted by molar-refractivity contribution is 7.59. The van der Waals surface area contributed by atoms with Gasteiger partial charge >= 0.3 is 0 Å². The lowest BCUT2D eigenvalue weighted by Crippen LogP contribution is -1.99. The fourth-order valence-electron chi connectivity index (χ4n) is 1.86. The Morgan fingerprint density at radius 1 is 1.00 bits per heavy atom. The van der Waals surface area contributed by atoms with Crippen LogP contribution in [0.2, 0.25) is 0 Å². The molecule has 19 heavy (non-hydrogen) atoms. The van der Waals surface area contributed by atoms with Crippen LogP contribution in [0.5, 0.6) is 0 Å². The van der Waals surface area contributed by atoms with E-state index in [1.54, 1.807) is 12.1 Å². The molecule has 0 aliphatic heterocycles. The maximum atomic E-state index is 12.8. The van der Waals surface area contributed by atoms with Gasteiger partial charge in [0.2, 0.25) is 0 Å². The summed E-state index contributed by atoms with van der Waals surface area (Å²) in [5.41, 5.74) is 3.06. The van der Waals surface area contributed by atoms with Crippen LogP contribution in [0.25, 0.3) is 0 Å². The van der Waals surface area contributed by atoms with Crippen molar-refractivity contribution in [2.24, 2.45) is 4.99 Å². The highest BCUT2D eigenvalue weighted by atomic mass is 32.1. The van der Waals surface area contributed by atoms with E-state index in [9.17, 15) is 4.39 Å². The number of nitrogens with zero attached hydrogens (tertiary/aromatic N) is 1. The van der Waals surface area contributed by atoms with Crippen molar-refractivity contribution in [1.82, 2.24) is 0 Å². The molecule has 0 aliphatic rings. The minimum atomic E-state index is -0.220. The van der Waals surface area contributed by atoms with Crippen molar-refractivity contribution >= 4 is 19.2 Å². The molecule has 0 spiro atoms. The van der Waals surface area contributed by atoms with E-state index in [-0.39, 0.29) is 25.4 Å². The molecule has 1 atom stereocenters. The topological polar surface area (TPSA) is 12.4 Å². The van der Waals surface area contributed by atoms with Gasteiger partial charge < -0.3 is 0 Å². The predicted molar refractivity (Wildman–Crippen MR) is 83.8 cm³/mol. The molecule has 2 aromatic rings. The average Bonchev–Trinajstić information content (AvgIpc) is 2.40. The summed E-state index contributed by atoms with van der Waals surface area (Å²) in [5.74, 6) is -0.220. The Bertz CT molecular complexity index is 534. The number of benzene rings is 2. The lowest BCUT2D eigenvalue weighted by atomic mass is 10.1. The third-order valence-electron chi connectivity index (χ3n) is 2.93. The van der Waals surface area contributed by atoms with Crippen LogP contribution in [0.3, 0.4) is 0 Å². The van der Waals surface area contributed by atoms with E-state index in [2.05, 4.69) is 24.0 Å². The first-order valence-corrected chi connectivity index (χ1v) is 6.02. The minimum Gasteiger partial charge on any atom is -0.282 e. The van der Waals surface area contributed by atoms with Gasteiger partial charge in [0.1, 0.15) is 5.82 Å². The summed E-state index contributed by atoms with van der Waals surface area (Å²) in [6.45, 7) is 4.01. The van der Waals surface area contributed by atoms with E-state index in [1.807, 2.05) is 25.1 Å². The van der Waals surface area contributed by atoms with Crippen molar-refractivity contribution < 1.29 is 4.39 Å². The van der Waals surface area contributed by atoms with Crippen LogP contribution < -0.4 is 0 Å². The van der Waals surface area contributed by atoms with Crippen LogP contribution in [0.4, 0.5) is 4.39 Å². The van der Waals surface area contributed by atoms with Gasteiger partial charge in [0, 0.05) is 5.71 Å². The van der Waals surface area contributed by atoms with E-state index in [0.29, 0.717) is 0 Å². The third kappa shape index (κ3) is 4.21. The van der Waals surface area contributed by atoms with Crippen molar-refractivity contribution in [3.8, 4) is 0 Å². The lowest BCUT2D eigenvalue weighted by molar-refractivity contribution is 0.628. The molecule has 2 rings (SSSR count). The van der Waals surface area contributed by atoms with Crippen LogP contribution in [-0.4, -0.2) is 5.71 Å². The van der Waals surface area contributed by atoms with Gasteiger partial charge in [-0.15, -0.1) is 0 Å². The first kappa shape index (κ1) is 15.4. The van der Waals surface area contributed by atoms with Gasteiger partial charge in [-0.2, -0.15) is 13.5 Å². The van der Waals surface area contributed by atoms with Gasteiger partial charge in [0.05, 0.1) is 6.04 Å². The van der Waals surface area contributed by atoms with Crippen molar-refractivity contribution in [2.75, 3.05) is 0 Å². The van der Waals surface area contributed by atoms with Gasteiger partial charge in [-0.1, -0.05) is 42.5 Å². The molecule has 0 saturated carbocycles. The number of hydrogen-bond acceptors (Lipinski definition) is 1. The van der Waals surface area contributed by atoms with Gasteiger partial charge in [0.25, 0.3) is 0 Å². The smallest absolute Gasteiger partial charge is 0.123 e. The second-order valence-electron chi connectivity index (χ2n) is 4.31. The maximum Gasteiger partial charge on any atom is 0.123 e. The predicted octanol–water partition coefficient (Wildman–Crippen LogP) is 4.51. The molecule has 0 heterocycles. The quantitative estimate of drug-likeness (QED) is 0.731. The molecule has 0 amide bonds. The van der Waals surface area contributed by atoms with Crippen LogP contribution in [0.1, 0.15) is 31.0 Å². The molecule has 0 N–H and O–H groups in total. The Balaban J connectivity index is 0.00000180. The van der Waals surface area contributed by atoms with Crippen LogP contribution in [0.15, 0.2) is 59.6 Å². The zero-order valence-corrected chi connectivity index (χ0v) is 12.1. The molecular formula is C16H18FNS. The molecule has 0 aliphatic carbocycles. The second-order valence-corrected chi connectivity index (χ2v) is 4.31. The Morgan fingerprint density at radius 3 is 2.16 bits per heavy atom. The largest absolute Gasteiger partial charge is 0.282 e. The lowest BCUT2D eigenvalue weighted by Gasteiger charge is -2.09. The van der Waals surface area contributed by atoms with Crippen LogP contribution in [0, 0.1) is 5.82 Å². The average molecular weight is 275 g/mol. The Labute approximate surface area is 120 Å². The summed E-state index contributed by atoms with van der Waals surface area (Å²) in [7, 11) is 0. The summed E-state index contributed by atoms with van der Waals surface area (Å²) in [6.07, 6.45) is 0. The SMILES string of the molecule is CC(=NC(C)c1ccccc1)c1ccc(F)cc1.S. The molecule has 0 fully saturated rings. The van der Waals surface area contributed by atoms with E-state index < -0.39 is 0 Å². The van der Waals surface area contributed by atoms with Crippen molar-refractivity contribution in [3.05, 3.63) is 71.5 Å². The zero-order valence-electron chi connectivity index (χ0n) is 11.1. The standard InChI is InChI=1S/C16H16FN.H2S/c1-12(14-6-4-3-5-7-14)18-13(2)15-8-10-16(17)11-9-15;/h3-12H,1-2H3;1H2. The van der Waals surface area contributed by atoms with Crippen molar-refractivity contribution in [1.29, 1.82) is 0 Å². The van der Waals surface area contributed by atoms with Gasteiger partial charge in [0.15, 0.2) is 0 Å². The monoisotopic (exact) mass is 275 g/mol. The number of hydrogen-bond donors (Lipinski definition) is 0. The van der Waals surface area contributed by atoms with E-state index in [4.69, 9.17) is 0 Å². The summed E-state index contributed by atoms with van der Waals surface area (Å²) in [5, 5.41) is 0. The fourth-order valence-corrected chi connectivity index (χ4v) is 1.86. The summed E-state index contributed by atoms with van der Waals surface area (Å²) in [6, 6.07) is 16.7. The Hall–Kier alpha value is -1.61.